The molecule has 4 nitrogen and oxygen atoms in total. The number of nitrogens with zero attached hydrogens (tertiary/aromatic N) is 1. The summed E-state index contributed by atoms with van der Waals surface area (Å²) in [5.74, 6) is 0.790. The van der Waals surface area contributed by atoms with E-state index in [1.165, 1.54) is 20.3 Å². The molecule has 4 heteroatoms. The van der Waals surface area contributed by atoms with Gasteiger partial charge >= 0.3 is 0 Å². The molecular weight excluding hydrogens is 302 g/mol. The summed E-state index contributed by atoms with van der Waals surface area (Å²) in [5, 5.41) is 1.03. The van der Waals surface area contributed by atoms with Crippen LogP contribution >= 0.6 is 0 Å². The molecule has 0 aliphatic heterocycles. The van der Waals surface area contributed by atoms with Gasteiger partial charge in [0.1, 0.15) is 17.1 Å². The van der Waals surface area contributed by atoms with Gasteiger partial charge in [0.25, 0.3) is 0 Å². The largest absolute Gasteiger partial charge is 0.496 e. The molecule has 120 valence electrons. The van der Waals surface area contributed by atoms with E-state index in [-0.39, 0.29) is 5.78 Å². The molecule has 0 unspecified atom stereocenters. The normalized spacial score (nSPS) is 10.9. The molecule has 2 aromatic carbocycles. The zero-order chi connectivity index (χ0) is 16.9. The van der Waals surface area contributed by atoms with Crippen molar-refractivity contribution in [3.8, 4) is 11.5 Å². The van der Waals surface area contributed by atoms with Crippen LogP contribution in [0, 0.1) is 0 Å². The number of fused-ring (bicyclic) bond motifs is 1. The molecule has 0 aliphatic rings. The van der Waals surface area contributed by atoms with Gasteiger partial charge in [0.2, 0.25) is 0 Å². The zero-order valence-corrected chi connectivity index (χ0v) is 13.5. The fourth-order valence-electron chi connectivity index (χ4n) is 2.53. The number of hydrogen-bond acceptors (Lipinski definition) is 4. The van der Waals surface area contributed by atoms with Crippen molar-refractivity contribution in [3.63, 3.8) is 0 Å². The molecule has 0 amide bonds. The van der Waals surface area contributed by atoms with E-state index in [0.717, 1.165) is 16.5 Å². The van der Waals surface area contributed by atoms with E-state index in [1.807, 2.05) is 30.3 Å². The number of methoxy groups -OCH3 is 2. The number of ketones is 1. The van der Waals surface area contributed by atoms with Gasteiger partial charge in [0, 0.05) is 11.6 Å². The Labute approximate surface area is 140 Å². The molecule has 1 heterocycles. The number of ether oxygens (including phenoxy) is 2. The predicted octanol–water partition coefficient (Wildman–Crippen LogP) is 4.15. The second-order valence-corrected chi connectivity index (χ2v) is 5.20. The van der Waals surface area contributed by atoms with Gasteiger partial charge in [-0.05, 0) is 42.0 Å². The van der Waals surface area contributed by atoms with E-state index in [0.29, 0.717) is 17.1 Å². The lowest BCUT2D eigenvalue weighted by Gasteiger charge is -2.10. The molecule has 0 atom stereocenters. The second-order valence-electron chi connectivity index (χ2n) is 5.20. The van der Waals surface area contributed by atoms with Crippen LogP contribution in [0.15, 0.2) is 60.8 Å². The van der Waals surface area contributed by atoms with E-state index < -0.39 is 0 Å². The Morgan fingerprint density at radius 3 is 2.42 bits per heavy atom. The lowest BCUT2D eigenvalue weighted by molar-refractivity contribution is 0.104. The first-order valence-corrected chi connectivity index (χ1v) is 7.51. The van der Waals surface area contributed by atoms with Crippen molar-refractivity contribution < 1.29 is 14.3 Å². The minimum absolute atomic E-state index is 0.183. The molecule has 0 spiro atoms. The molecule has 24 heavy (non-hydrogen) atoms. The summed E-state index contributed by atoms with van der Waals surface area (Å²) in [6, 6.07) is 15.1. The van der Waals surface area contributed by atoms with Crippen LogP contribution in [0.25, 0.3) is 17.0 Å². The third kappa shape index (κ3) is 3.13. The fraction of sp³-hybridized carbons (Fsp3) is 0.100. The van der Waals surface area contributed by atoms with Crippen LogP contribution in [-0.2, 0) is 0 Å². The highest BCUT2D eigenvalue weighted by Gasteiger charge is 2.15. The monoisotopic (exact) mass is 319 g/mol. The van der Waals surface area contributed by atoms with E-state index in [1.54, 1.807) is 30.5 Å². The molecule has 0 saturated carbocycles. The maximum atomic E-state index is 12.6. The van der Waals surface area contributed by atoms with Crippen LogP contribution in [0.5, 0.6) is 11.5 Å². The molecule has 0 N–H and O–H groups in total. The van der Waals surface area contributed by atoms with E-state index in [2.05, 4.69) is 4.98 Å². The Morgan fingerprint density at radius 2 is 1.71 bits per heavy atom. The first-order chi connectivity index (χ1) is 11.7. The summed E-state index contributed by atoms with van der Waals surface area (Å²) < 4.78 is 10.5. The van der Waals surface area contributed by atoms with Crippen molar-refractivity contribution in [2.75, 3.05) is 14.2 Å². The first kappa shape index (κ1) is 15.7. The number of hydrogen-bond donors (Lipinski definition) is 0. The van der Waals surface area contributed by atoms with Crippen LogP contribution < -0.4 is 9.47 Å². The number of carbonyl (C=O) groups is 1. The third-order valence-electron chi connectivity index (χ3n) is 3.71. The highest BCUT2D eigenvalue weighted by atomic mass is 16.5. The Balaban J connectivity index is 1.92. The number of benzene rings is 2. The van der Waals surface area contributed by atoms with Crippen molar-refractivity contribution in [2.24, 2.45) is 0 Å². The number of pyridine rings is 1. The van der Waals surface area contributed by atoms with Gasteiger partial charge in [-0.2, -0.15) is 0 Å². The number of aromatic nitrogens is 1. The van der Waals surface area contributed by atoms with Gasteiger partial charge in [-0.15, -0.1) is 0 Å². The molecule has 0 bridgehead atoms. The van der Waals surface area contributed by atoms with E-state index >= 15 is 0 Å². The summed E-state index contributed by atoms with van der Waals surface area (Å²) in [7, 11) is 3.06. The average Bonchev–Trinajstić information content (AvgIpc) is 2.65. The lowest BCUT2D eigenvalue weighted by Crippen LogP contribution is -2.02. The predicted molar refractivity (Wildman–Crippen MR) is 94.7 cm³/mol. The second kappa shape index (κ2) is 6.96. The Kier molecular flexibility index (Phi) is 4.57. The fourth-order valence-corrected chi connectivity index (χ4v) is 2.53. The summed E-state index contributed by atoms with van der Waals surface area (Å²) in [5.41, 5.74) is 2.19. The summed E-state index contributed by atoms with van der Waals surface area (Å²) in [4.78, 5) is 17.0. The van der Waals surface area contributed by atoms with Crippen molar-refractivity contribution in [3.05, 3.63) is 71.9 Å². The van der Waals surface area contributed by atoms with Crippen LogP contribution in [0.3, 0.4) is 0 Å². The van der Waals surface area contributed by atoms with E-state index in [9.17, 15) is 4.79 Å². The number of para-hydroxylation sites is 1. The van der Waals surface area contributed by atoms with E-state index in [4.69, 9.17) is 9.47 Å². The van der Waals surface area contributed by atoms with Gasteiger partial charge in [-0.1, -0.05) is 24.3 Å². The summed E-state index contributed by atoms with van der Waals surface area (Å²) in [6.07, 6.45) is 4.99. The molecule has 0 fully saturated rings. The Morgan fingerprint density at radius 1 is 1.00 bits per heavy atom. The molecule has 0 aliphatic carbocycles. The van der Waals surface area contributed by atoms with Crippen molar-refractivity contribution in [2.45, 2.75) is 0 Å². The Bertz CT molecular complexity index is 893. The standard InChI is InChI=1S/C20H17NO3/c1-23-18-8-5-9-19(24-2)20(18)17(22)11-10-14-12-15-6-3-4-7-16(15)21-13-14/h3-13H,1-2H3/b11-10+. The SMILES string of the molecule is COc1cccc(OC)c1C(=O)/C=C/c1cnc2ccccc2c1. The quantitative estimate of drug-likeness (QED) is 0.523. The zero-order valence-electron chi connectivity index (χ0n) is 13.5. The number of rotatable bonds is 5. The van der Waals surface area contributed by atoms with Gasteiger partial charge in [0.05, 0.1) is 19.7 Å². The van der Waals surface area contributed by atoms with Crippen molar-refractivity contribution in [1.82, 2.24) is 4.98 Å². The average molecular weight is 319 g/mol. The first-order valence-electron chi connectivity index (χ1n) is 7.51. The molecule has 1 aromatic heterocycles. The van der Waals surface area contributed by atoms with Crippen LogP contribution in [0.1, 0.15) is 15.9 Å². The Hall–Kier alpha value is -3.14. The maximum absolute atomic E-state index is 12.6. The van der Waals surface area contributed by atoms with Gasteiger partial charge in [-0.25, -0.2) is 0 Å². The highest BCUT2D eigenvalue weighted by molar-refractivity contribution is 6.10. The lowest BCUT2D eigenvalue weighted by atomic mass is 10.1. The topological polar surface area (TPSA) is 48.4 Å². The highest BCUT2D eigenvalue weighted by Crippen LogP contribution is 2.29. The number of allylic oxidation sites excluding steroid dienone is 1. The van der Waals surface area contributed by atoms with Gasteiger partial charge in [0.15, 0.2) is 5.78 Å². The third-order valence-corrected chi connectivity index (χ3v) is 3.71. The van der Waals surface area contributed by atoms with Crippen LogP contribution in [0.2, 0.25) is 0 Å². The molecule has 0 saturated heterocycles. The molecule has 3 aromatic rings. The summed E-state index contributed by atoms with van der Waals surface area (Å²) in [6.45, 7) is 0. The minimum Gasteiger partial charge on any atom is -0.496 e. The van der Waals surface area contributed by atoms with Crippen molar-refractivity contribution in [1.29, 1.82) is 0 Å². The van der Waals surface area contributed by atoms with Gasteiger partial charge < -0.3 is 9.47 Å². The van der Waals surface area contributed by atoms with Crippen molar-refractivity contribution >= 4 is 22.8 Å². The summed E-state index contributed by atoms with van der Waals surface area (Å²) >= 11 is 0. The molecule has 3 rings (SSSR count). The minimum atomic E-state index is -0.183. The smallest absolute Gasteiger partial charge is 0.193 e. The van der Waals surface area contributed by atoms with Crippen LogP contribution in [0.4, 0.5) is 0 Å². The molecular formula is C20H17NO3. The van der Waals surface area contributed by atoms with Gasteiger partial charge in [-0.3, -0.25) is 9.78 Å². The maximum Gasteiger partial charge on any atom is 0.193 e. The molecule has 0 radical (unpaired) electrons. The van der Waals surface area contributed by atoms with Crippen LogP contribution in [-0.4, -0.2) is 25.0 Å². The number of carbonyl (C=O) groups excluding carboxylic acids is 1.